The third-order valence-electron chi connectivity index (χ3n) is 4.35. The molecule has 3 rings (SSSR count). The van der Waals surface area contributed by atoms with Gasteiger partial charge in [0.25, 0.3) is 11.8 Å². The third kappa shape index (κ3) is 3.37. The van der Waals surface area contributed by atoms with Gasteiger partial charge in [0, 0.05) is 17.4 Å². The zero-order valence-corrected chi connectivity index (χ0v) is 15.3. The van der Waals surface area contributed by atoms with Crippen molar-refractivity contribution in [2.24, 2.45) is 0 Å². The van der Waals surface area contributed by atoms with Gasteiger partial charge in [-0.3, -0.25) is 20.4 Å². The molecule has 2 aromatic rings. The molecular weight excluding hydrogens is 334 g/mol. The van der Waals surface area contributed by atoms with E-state index in [1.54, 1.807) is 18.2 Å². The quantitative estimate of drug-likeness (QED) is 0.826. The molecule has 0 fully saturated rings. The first-order valence-electron chi connectivity index (χ1n) is 8.55. The lowest BCUT2D eigenvalue weighted by atomic mass is 10.2. The zero-order chi connectivity index (χ0) is 18.8. The summed E-state index contributed by atoms with van der Waals surface area (Å²) in [5.41, 5.74) is 7.25. The summed E-state index contributed by atoms with van der Waals surface area (Å²) in [5.74, 6) is 0.272. The highest BCUT2D eigenvalue weighted by Crippen LogP contribution is 2.30. The van der Waals surface area contributed by atoms with E-state index in [-0.39, 0.29) is 18.6 Å². The predicted molar refractivity (Wildman–Crippen MR) is 96.3 cm³/mol. The minimum atomic E-state index is -0.826. The molecule has 7 nitrogen and oxygen atoms in total. The van der Waals surface area contributed by atoms with E-state index in [1.165, 1.54) is 0 Å². The van der Waals surface area contributed by atoms with E-state index in [9.17, 15) is 9.59 Å². The molecule has 0 saturated heterocycles. The van der Waals surface area contributed by atoms with Crippen LogP contribution in [0.1, 0.15) is 41.6 Å². The minimum absolute atomic E-state index is 0.0839. The number of amides is 2. The van der Waals surface area contributed by atoms with Gasteiger partial charge in [0.15, 0.2) is 11.5 Å². The van der Waals surface area contributed by atoms with Gasteiger partial charge < -0.3 is 14.0 Å². The Morgan fingerprint density at radius 2 is 1.85 bits per heavy atom. The number of aromatic nitrogens is 1. The van der Waals surface area contributed by atoms with Crippen molar-refractivity contribution in [3.8, 4) is 11.5 Å². The van der Waals surface area contributed by atoms with Gasteiger partial charge in [-0.1, -0.05) is 12.1 Å². The highest BCUT2D eigenvalue weighted by atomic mass is 16.6. The largest absolute Gasteiger partial charge is 0.485 e. The molecule has 1 aliphatic heterocycles. The number of nitrogens with one attached hydrogen (secondary N) is 2. The fourth-order valence-electron chi connectivity index (χ4n) is 3.22. The Kier molecular flexibility index (Phi) is 4.88. The van der Waals surface area contributed by atoms with Gasteiger partial charge in [-0.05, 0) is 45.9 Å². The molecule has 2 amide bonds. The minimum Gasteiger partial charge on any atom is -0.485 e. The number of ether oxygens (including phenoxy) is 2. The van der Waals surface area contributed by atoms with E-state index in [2.05, 4.69) is 29.3 Å². The van der Waals surface area contributed by atoms with Crippen molar-refractivity contribution in [2.75, 3.05) is 6.61 Å². The van der Waals surface area contributed by atoms with Crippen LogP contribution in [0.2, 0.25) is 0 Å². The number of rotatable bonds is 3. The van der Waals surface area contributed by atoms with E-state index in [1.807, 2.05) is 26.0 Å². The molecule has 138 valence electrons. The smallest absolute Gasteiger partial charge is 0.283 e. The lowest BCUT2D eigenvalue weighted by Crippen LogP contribution is -2.50. The number of para-hydroxylation sites is 2. The SMILES string of the molecule is Cc1cc(C(=O)NNC(=O)C2COc3ccccc3O2)c(C)n1C(C)C. The van der Waals surface area contributed by atoms with Crippen LogP contribution >= 0.6 is 0 Å². The Morgan fingerprint density at radius 1 is 1.15 bits per heavy atom. The van der Waals surface area contributed by atoms with Crippen molar-refractivity contribution in [1.82, 2.24) is 15.4 Å². The van der Waals surface area contributed by atoms with Crippen LogP contribution in [0.25, 0.3) is 0 Å². The molecule has 7 heteroatoms. The van der Waals surface area contributed by atoms with E-state index in [0.717, 1.165) is 11.4 Å². The summed E-state index contributed by atoms with van der Waals surface area (Å²) in [4.78, 5) is 24.7. The first-order valence-corrected chi connectivity index (χ1v) is 8.55. The average Bonchev–Trinajstić information content (AvgIpc) is 2.93. The summed E-state index contributed by atoms with van der Waals surface area (Å²) in [6.07, 6.45) is -0.826. The Balaban J connectivity index is 1.62. The van der Waals surface area contributed by atoms with Crippen LogP contribution in [0.3, 0.4) is 0 Å². The van der Waals surface area contributed by atoms with Gasteiger partial charge >= 0.3 is 0 Å². The summed E-state index contributed by atoms with van der Waals surface area (Å²) in [5, 5.41) is 0. The Hall–Kier alpha value is -2.96. The van der Waals surface area contributed by atoms with Crippen molar-refractivity contribution in [2.45, 2.75) is 39.8 Å². The van der Waals surface area contributed by atoms with Gasteiger partial charge in [0.2, 0.25) is 6.10 Å². The Labute approximate surface area is 152 Å². The molecule has 0 bridgehead atoms. The summed E-state index contributed by atoms with van der Waals surface area (Å²) in [6.45, 7) is 8.04. The summed E-state index contributed by atoms with van der Waals surface area (Å²) >= 11 is 0. The van der Waals surface area contributed by atoms with Crippen molar-refractivity contribution >= 4 is 11.8 Å². The summed E-state index contributed by atoms with van der Waals surface area (Å²) in [7, 11) is 0. The highest BCUT2D eigenvalue weighted by Gasteiger charge is 2.28. The lowest BCUT2D eigenvalue weighted by molar-refractivity contribution is -0.131. The predicted octanol–water partition coefficient (Wildman–Crippen LogP) is 2.29. The maximum atomic E-state index is 12.4. The molecule has 1 aromatic carbocycles. The second-order valence-electron chi connectivity index (χ2n) is 6.56. The highest BCUT2D eigenvalue weighted by molar-refractivity contribution is 5.97. The molecule has 1 atom stereocenters. The maximum absolute atomic E-state index is 12.4. The summed E-state index contributed by atoms with van der Waals surface area (Å²) < 4.78 is 13.2. The van der Waals surface area contributed by atoms with Crippen LogP contribution in [-0.4, -0.2) is 29.1 Å². The van der Waals surface area contributed by atoms with Crippen molar-refractivity contribution in [3.63, 3.8) is 0 Å². The fraction of sp³-hybridized carbons (Fsp3) is 0.368. The molecule has 0 radical (unpaired) electrons. The second-order valence-corrected chi connectivity index (χ2v) is 6.56. The van der Waals surface area contributed by atoms with E-state index in [4.69, 9.17) is 9.47 Å². The zero-order valence-electron chi connectivity index (χ0n) is 15.3. The van der Waals surface area contributed by atoms with E-state index in [0.29, 0.717) is 17.1 Å². The van der Waals surface area contributed by atoms with Gasteiger partial charge in [0.05, 0.1) is 5.56 Å². The molecule has 0 saturated carbocycles. The number of carbonyl (C=O) groups is 2. The first kappa shape index (κ1) is 17.8. The number of carbonyl (C=O) groups excluding carboxylic acids is 2. The molecule has 1 unspecified atom stereocenters. The van der Waals surface area contributed by atoms with Gasteiger partial charge in [0.1, 0.15) is 6.61 Å². The fourth-order valence-corrected chi connectivity index (χ4v) is 3.22. The number of benzene rings is 1. The van der Waals surface area contributed by atoms with Crippen LogP contribution in [0.5, 0.6) is 11.5 Å². The number of hydrogen-bond acceptors (Lipinski definition) is 4. The lowest BCUT2D eigenvalue weighted by Gasteiger charge is -2.25. The Bertz CT molecular complexity index is 841. The molecule has 2 heterocycles. The second kappa shape index (κ2) is 7.11. The van der Waals surface area contributed by atoms with Crippen molar-refractivity contribution < 1.29 is 19.1 Å². The van der Waals surface area contributed by atoms with Crippen molar-refractivity contribution in [3.05, 3.63) is 47.3 Å². The third-order valence-corrected chi connectivity index (χ3v) is 4.35. The van der Waals surface area contributed by atoms with Gasteiger partial charge in [-0.2, -0.15) is 0 Å². The van der Waals surface area contributed by atoms with Crippen LogP contribution in [0.15, 0.2) is 30.3 Å². The molecule has 26 heavy (non-hydrogen) atoms. The van der Waals surface area contributed by atoms with E-state index < -0.39 is 12.0 Å². The van der Waals surface area contributed by atoms with Gasteiger partial charge in [-0.25, -0.2) is 0 Å². The molecule has 1 aromatic heterocycles. The monoisotopic (exact) mass is 357 g/mol. The van der Waals surface area contributed by atoms with Gasteiger partial charge in [-0.15, -0.1) is 0 Å². The van der Waals surface area contributed by atoms with Crippen LogP contribution in [0.4, 0.5) is 0 Å². The number of fused-ring (bicyclic) bond motifs is 1. The average molecular weight is 357 g/mol. The molecule has 0 spiro atoms. The Morgan fingerprint density at radius 3 is 2.50 bits per heavy atom. The van der Waals surface area contributed by atoms with Crippen LogP contribution < -0.4 is 20.3 Å². The van der Waals surface area contributed by atoms with Crippen LogP contribution in [0, 0.1) is 13.8 Å². The molecule has 0 aliphatic carbocycles. The summed E-state index contributed by atoms with van der Waals surface area (Å²) in [6, 6.07) is 9.20. The number of hydrazine groups is 1. The number of nitrogens with zero attached hydrogens (tertiary/aromatic N) is 1. The topological polar surface area (TPSA) is 81.6 Å². The number of hydrogen-bond donors (Lipinski definition) is 2. The molecule has 2 N–H and O–H groups in total. The van der Waals surface area contributed by atoms with Crippen LogP contribution in [-0.2, 0) is 4.79 Å². The first-order chi connectivity index (χ1) is 12.4. The standard InChI is InChI=1S/C19H23N3O4/c1-11(2)22-12(3)9-14(13(22)4)18(23)20-21-19(24)17-10-25-15-7-5-6-8-16(15)26-17/h5-9,11,17H,10H2,1-4H3,(H,20,23)(H,21,24). The normalized spacial score (nSPS) is 15.7. The number of aryl methyl sites for hydroxylation is 1. The maximum Gasteiger partial charge on any atom is 0.283 e. The molecular formula is C19H23N3O4. The molecule has 1 aliphatic rings. The van der Waals surface area contributed by atoms with Crippen molar-refractivity contribution in [1.29, 1.82) is 0 Å². The van der Waals surface area contributed by atoms with E-state index >= 15 is 0 Å².